The third-order valence-electron chi connectivity index (χ3n) is 3.73. The van der Waals surface area contributed by atoms with E-state index in [-0.39, 0.29) is 12.6 Å². The first-order chi connectivity index (χ1) is 12.6. The Balaban J connectivity index is 1.64. The molecule has 0 unspecified atom stereocenters. The molecule has 0 saturated carbocycles. The molecule has 1 aliphatic heterocycles. The van der Waals surface area contributed by atoms with Crippen LogP contribution in [-0.4, -0.2) is 28.5 Å². The predicted octanol–water partition coefficient (Wildman–Crippen LogP) is 3.48. The largest absolute Gasteiger partial charge is 0.457 e. The third kappa shape index (κ3) is 4.89. The molecule has 0 bridgehead atoms. The summed E-state index contributed by atoms with van der Waals surface area (Å²) in [6.07, 6.45) is 0. The van der Waals surface area contributed by atoms with Gasteiger partial charge in [0.15, 0.2) is 0 Å². The minimum absolute atomic E-state index is 0.0873. The van der Waals surface area contributed by atoms with Gasteiger partial charge in [-0.05, 0) is 29.3 Å². The van der Waals surface area contributed by atoms with Gasteiger partial charge < -0.3 is 10.5 Å². The zero-order valence-electron chi connectivity index (χ0n) is 14.0. The number of hydrogen-bond acceptors (Lipinski definition) is 6. The Hall–Kier alpha value is -2.25. The summed E-state index contributed by atoms with van der Waals surface area (Å²) in [5.74, 6) is 0.810. The molecule has 2 aromatic carbocycles. The van der Waals surface area contributed by atoms with Gasteiger partial charge in [-0.25, -0.2) is 4.79 Å². The lowest BCUT2D eigenvalue weighted by Crippen LogP contribution is -2.12. The highest BCUT2D eigenvalue weighted by Crippen LogP contribution is 2.26. The first-order valence-electron chi connectivity index (χ1n) is 8.07. The highest BCUT2D eigenvalue weighted by atomic mass is 32.2. The van der Waals surface area contributed by atoms with Crippen molar-refractivity contribution in [3.63, 3.8) is 0 Å². The number of thioether (sulfide) groups is 2. The number of primary amides is 1. The highest BCUT2D eigenvalue weighted by Gasteiger charge is 2.15. The van der Waals surface area contributed by atoms with E-state index in [4.69, 9.17) is 10.5 Å². The number of nitrogens with two attached hydrogens (primary N) is 1. The van der Waals surface area contributed by atoms with E-state index in [2.05, 4.69) is 4.99 Å². The van der Waals surface area contributed by atoms with Crippen molar-refractivity contribution in [3.05, 3.63) is 70.8 Å². The number of amides is 1. The van der Waals surface area contributed by atoms with E-state index in [0.717, 1.165) is 27.8 Å². The van der Waals surface area contributed by atoms with Crippen molar-refractivity contribution in [2.24, 2.45) is 10.7 Å². The Morgan fingerprint density at radius 1 is 1.19 bits per heavy atom. The number of nitrogens with zero attached hydrogens (tertiary/aromatic N) is 1. The van der Waals surface area contributed by atoms with Crippen molar-refractivity contribution in [1.82, 2.24) is 0 Å². The fourth-order valence-corrected chi connectivity index (χ4v) is 4.44. The van der Waals surface area contributed by atoms with E-state index in [1.807, 2.05) is 18.2 Å². The van der Waals surface area contributed by atoms with Gasteiger partial charge in [0, 0.05) is 17.1 Å². The van der Waals surface area contributed by atoms with Crippen molar-refractivity contribution in [2.45, 2.75) is 12.4 Å². The van der Waals surface area contributed by atoms with Crippen molar-refractivity contribution < 1.29 is 14.3 Å². The third-order valence-corrected chi connectivity index (χ3v) is 6.03. The summed E-state index contributed by atoms with van der Waals surface area (Å²) in [6.45, 7) is 0.949. The molecule has 0 spiro atoms. The van der Waals surface area contributed by atoms with Crippen molar-refractivity contribution in [1.29, 1.82) is 0 Å². The zero-order valence-corrected chi connectivity index (χ0v) is 15.6. The first-order valence-corrected chi connectivity index (χ1v) is 10.0. The minimum Gasteiger partial charge on any atom is -0.457 e. The molecule has 3 rings (SSSR count). The fraction of sp³-hybridized carbons (Fsp3) is 0.211. The van der Waals surface area contributed by atoms with Gasteiger partial charge in [-0.2, -0.15) is 0 Å². The van der Waals surface area contributed by atoms with Crippen LogP contribution >= 0.6 is 23.5 Å². The van der Waals surface area contributed by atoms with Crippen LogP contribution in [0.15, 0.2) is 53.5 Å². The van der Waals surface area contributed by atoms with Crippen LogP contribution in [0.4, 0.5) is 0 Å². The molecule has 134 valence electrons. The van der Waals surface area contributed by atoms with Gasteiger partial charge in [0.1, 0.15) is 11.0 Å². The smallest absolute Gasteiger partial charge is 0.338 e. The highest BCUT2D eigenvalue weighted by molar-refractivity contribution is 8.38. The molecule has 0 aromatic heterocycles. The van der Waals surface area contributed by atoms with E-state index in [1.54, 1.807) is 53.9 Å². The van der Waals surface area contributed by atoms with Gasteiger partial charge in [0.2, 0.25) is 5.91 Å². The Labute approximate surface area is 160 Å². The van der Waals surface area contributed by atoms with Crippen LogP contribution in [0.3, 0.4) is 0 Å². The molecule has 0 atom stereocenters. The number of carbonyl (C=O) groups excluding carboxylic acids is 2. The molecule has 1 amide bonds. The van der Waals surface area contributed by atoms with Crippen LogP contribution in [-0.2, 0) is 17.1 Å². The molecule has 0 fully saturated rings. The molecule has 0 radical (unpaired) electrons. The van der Waals surface area contributed by atoms with Crippen LogP contribution in [0.2, 0.25) is 0 Å². The van der Waals surface area contributed by atoms with Crippen molar-refractivity contribution in [3.8, 4) is 0 Å². The van der Waals surface area contributed by atoms with Gasteiger partial charge in [-0.3, -0.25) is 9.79 Å². The zero-order chi connectivity index (χ0) is 18.4. The molecule has 1 heterocycles. The Morgan fingerprint density at radius 3 is 2.81 bits per heavy atom. The summed E-state index contributed by atoms with van der Waals surface area (Å²) in [4.78, 5) is 28.1. The first kappa shape index (κ1) is 18.5. The molecule has 7 heteroatoms. The molecule has 1 aliphatic rings. The molecule has 2 N–H and O–H groups in total. The summed E-state index contributed by atoms with van der Waals surface area (Å²) in [5, 5.41) is 0. The molecule has 0 aliphatic carbocycles. The molecule has 2 aromatic rings. The minimum atomic E-state index is -0.506. The maximum Gasteiger partial charge on any atom is 0.338 e. The van der Waals surface area contributed by atoms with Gasteiger partial charge >= 0.3 is 5.97 Å². The normalized spacial score (nSPS) is 13.3. The number of rotatable bonds is 6. The maximum absolute atomic E-state index is 12.5. The summed E-state index contributed by atoms with van der Waals surface area (Å²) in [7, 11) is 0. The Morgan fingerprint density at radius 2 is 2.04 bits per heavy atom. The SMILES string of the molecule is NC(=O)c1cccc(COC(=O)c2ccccc2CSC2=NCCS2)c1. The fourth-order valence-electron chi connectivity index (χ4n) is 2.43. The predicted molar refractivity (Wildman–Crippen MR) is 107 cm³/mol. The topological polar surface area (TPSA) is 81.8 Å². The van der Waals surface area contributed by atoms with E-state index >= 15 is 0 Å². The van der Waals surface area contributed by atoms with Crippen LogP contribution < -0.4 is 5.73 Å². The van der Waals surface area contributed by atoms with Crippen LogP contribution in [0.25, 0.3) is 0 Å². The summed E-state index contributed by atoms with van der Waals surface area (Å²) in [6, 6.07) is 14.2. The van der Waals surface area contributed by atoms with E-state index in [0.29, 0.717) is 16.9 Å². The lowest BCUT2D eigenvalue weighted by atomic mass is 10.1. The standard InChI is InChI=1S/C19H18N2O3S2/c20-17(22)14-6-3-4-13(10-14)11-24-18(23)16-7-2-1-5-15(16)12-26-19-21-8-9-25-19/h1-7,10H,8-9,11-12H2,(H2,20,22). The Kier molecular flexibility index (Phi) is 6.35. The van der Waals surface area contributed by atoms with E-state index in [9.17, 15) is 9.59 Å². The molecule has 26 heavy (non-hydrogen) atoms. The second-order valence-corrected chi connectivity index (χ2v) is 7.89. The van der Waals surface area contributed by atoms with Gasteiger partial charge in [-0.15, -0.1) is 0 Å². The number of aliphatic imine (C=N–C) groups is 1. The number of carbonyl (C=O) groups is 2. The average Bonchev–Trinajstić information content (AvgIpc) is 3.18. The molecule has 0 saturated heterocycles. The quantitative estimate of drug-likeness (QED) is 0.769. The molecular formula is C19H18N2O3S2. The lowest BCUT2D eigenvalue weighted by Gasteiger charge is -2.10. The van der Waals surface area contributed by atoms with Gasteiger partial charge in [0.25, 0.3) is 0 Å². The molecular weight excluding hydrogens is 368 g/mol. The summed E-state index contributed by atoms with van der Waals surface area (Å²) in [5.41, 5.74) is 7.86. The monoisotopic (exact) mass is 386 g/mol. The molecule has 5 nitrogen and oxygen atoms in total. The number of esters is 1. The van der Waals surface area contributed by atoms with E-state index in [1.165, 1.54) is 0 Å². The van der Waals surface area contributed by atoms with Crippen molar-refractivity contribution >= 4 is 39.8 Å². The van der Waals surface area contributed by atoms with Crippen LogP contribution in [0.5, 0.6) is 0 Å². The van der Waals surface area contributed by atoms with Crippen molar-refractivity contribution in [2.75, 3.05) is 12.3 Å². The average molecular weight is 386 g/mol. The number of benzene rings is 2. The van der Waals surface area contributed by atoms with Gasteiger partial charge in [-0.1, -0.05) is 53.9 Å². The summed E-state index contributed by atoms with van der Waals surface area (Å²) < 4.78 is 6.49. The van der Waals surface area contributed by atoms with Gasteiger partial charge in [0.05, 0.1) is 12.1 Å². The van der Waals surface area contributed by atoms with E-state index < -0.39 is 5.91 Å². The van der Waals surface area contributed by atoms with Crippen LogP contribution in [0, 0.1) is 0 Å². The number of ether oxygens (including phenoxy) is 1. The van der Waals surface area contributed by atoms with Crippen LogP contribution in [0.1, 0.15) is 31.8 Å². The lowest BCUT2D eigenvalue weighted by molar-refractivity contribution is 0.0471. The summed E-state index contributed by atoms with van der Waals surface area (Å²) >= 11 is 3.39. The number of hydrogen-bond donors (Lipinski definition) is 1. The Bertz CT molecular complexity index is 852. The maximum atomic E-state index is 12.5. The second-order valence-electron chi connectivity index (χ2n) is 5.58. The second kappa shape index (κ2) is 8.91.